The number of rotatable bonds is 4. The van der Waals surface area contributed by atoms with Crippen molar-refractivity contribution in [1.29, 1.82) is 0 Å². The van der Waals surface area contributed by atoms with Gasteiger partial charge in [-0.2, -0.15) is 0 Å². The van der Waals surface area contributed by atoms with Crippen molar-refractivity contribution < 1.29 is 14.2 Å². The average molecular weight is 367 g/mol. The largest absolute Gasteiger partial charge is 0.379 e. The molecule has 1 aromatic heterocycles. The number of hydrogen-bond acceptors (Lipinski definition) is 6. The van der Waals surface area contributed by atoms with Gasteiger partial charge in [0.15, 0.2) is 0 Å². The van der Waals surface area contributed by atoms with Crippen molar-refractivity contribution in [2.45, 2.75) is 38.0 Å². The van der Waals surface area contributed by atoms with E-state index >= 15 is 0 Å². The van der Waals surface area contributed by atoms with Crippen LogP contribution in [0, 0.1) is 6.92 Å². The summed E-state index contributed by atoms with van der Waals surface area (Å²) in [5.41, 5.74) is -0.111. The van der Waals surface area contributed by atoms with E-state index in [2.05, 4.69) is 28.9 Å². The predicted octanol–water partition coefficient (Wildman–Crippen LogP) is 2.14. The summed E-state index contributed by atoms with van der Waals surface area (Å²) in [6.07, 6.45) is 2.60. The first-order valence-corrected chi connectivity index (χ1v) is 10.4. The Morgan fingerprint density at radius 1 is 1.12 bits per heavy atom. The SMILES string of the molecule is Cc1ccc(CN2CCOCC3(CCC(CN4CCOCC4)O3)C2)s1. The predicted molar refractivity (Wildman–Crippen MR) is 99.2 cm³/mol. The minimum atomic E-state index is -0.111. The van der Waals surface area contributed by atoms with Gasteiger partial charge in [0.2, 0.25) is 0 Å². The molecule has 4 rings (SSSR count). The summed E-state index contributed by atoms with van der Waals surface area (Å²) < 4.78 is 18.0. The van der Waals surface area contributed by atoms with Crippen LogP contribution in [-0.2, 0) is 20.8 Å². The van der Waals surface area contributed by atoms with Crippen LogP contribution < -0.4 is 0 Å². The van der Waals surface area contributed by atoms with Crippen LogP contribution in [0.5, 0.6) is 0 Å². The Balaban J connectivity index is 1.35. The zero-order chi connectivity index (χ0) is 17.1. The zero-order valence-electron chi connectivity index (χ0n) is 15.2. The molecular weight excluding hydrogens is 336 g/mol. The minimum Gasteiger partial charge on any atom is -0.379 e. The lowest BCUT2D eigenvalue weighted by molar-refractivity contribution is -0.0966. The van der Waals surface area contributed by atoms with Crippen LogP contribution in [0.2, 0.25) is 0 Å². The second-order valence-electron chi connectivity index (χ2n) is 7.65. The quantitative estimate of drug-likeness (QED) is 0.816. The summed E-state index contributed by atoms with van der Waals surface area (Å²) in [6.45, 7) is 11.5. The topological polar surface area (TPSA) is 34.2 Å². The van der Waals surface area contributed by atoms with Crippen LogP contribution in [0.3, 0.4) is 0 Å². The summed E-state index contributed by atoms with van der Waals surface area (Å²) >= 11 is 1.90. The van der Waals surface area contributed by atoms with Gasteiger partial charge in [0, 0.05) is 49.0 Å². The van der Waals surface area contributed by atoms with Gasteiger partial charge in [-0.25, -0.2) is 0 Å². The maximum atomic E-state index is 6.60. The monoisotopic (exact) mass is 366 g/mol. The van der Waals surface area contributed by atoms with Crippen molar-refractivity contribution in [1.82, 2.24) is 9.80 Å². The second kappa shape index (κ2) is 8.03. The van der Waals surface area contributed by atoms with Gasteiger partial charge in [0.1, 0.15) is 5.60 Å². The van der Waals surface area contributed by atoms with Crippen molar-refractivity contribution in [2.75, 3.05) is 59.2 Å². The van der Waals surface area contributed by atoms with Gasteiger partial charge in [-0.1, -0.05) is 0 Å². The molecule has 1 spiro atoms. The minimum absolute atomic E-state index is 0.111. The lowest BCUT2D eigenvalue weighted by Crippen LogP contribution is -2.46. The highest BCUT2D eigenvalue weighted by Crippen LogP contribution is 2.34. The van der Waals surface area contributed by atoms with E-state index in [9.17, 15) is 0 Å². The normalized spacial score (nSPS) is 32.3. The fraction of sp³-hybridized carbons (Fsp3) is 0.789. The first-order valence-electron chi connectivity index (χ1n) is 9.54. The van der Waals surface area contributed by atoms with E-state index in [4.69, 9.17) is 14.2 Å². The third-order valence-corrected chi connectivity index (χ3v) is 6.49. The van der Waals surface area contributed by atoms with Crippen molar-refractivity contribution in [3.63, 3.8) is 0 Å². The van der Waals surface area contributed by atoms with E-state index in [1.165, 1.54) is 9.75 Å². The van der Waals surface area contributed by atoms with Gasteiger partial charge in [-0.15, -0.1) is 11.3 Å². The molecule has 0 saturated carbocycles. The lowest BCUT2D eigenvalue weighted by atomic mass is 10.00. The zero-order valence-corrected chi connectivity index (χ0v) is 16.1. The van der Waals surface area contributed by atoms with Crippen molar-refractivity contribution in [2.24, 2.45) is 0 Å². The summed E-state index contributed by atoms with van der Waals surface area (Å²) in [5.74, 6) is 0. The van der Waals surface area contributed by atoms with Gasteiger partial charge in [0.05, 0.1) is 32.5 Å². The van der Waals surface area contributed by atoms with Gasteiger partial charge < -0.3 is 14.2 Å². The first-order chi connectivity index (χ1) is 12.2. The Kier molecular flexibility index (Phi) is 5.74. The Morgan fingerprint density at radius 2 is 1.92 bits per heavy atom. The van der Waals surface area contributed by atoms with Crippen LogP contribution in [0.4, 0.5) is 0 Å². The Morgan fingerprint density at radius 3 is 2.72 bits per heavy atom. The van der Waals surface area contributed by atoms with Crippen molar-refractivity contribution in [3.05, 3.63) is 21.9 Å². The van der Waals surface area contributed by atoms with Crippen LogP contribution in [0.15, 0.2) is 12.1 Å². The lowest BCUT2D eigenvalue weighted by Gasteiger charge is -2.33. The average Bonchev–Trinajstić information content (AvgIpc) is 3.12. The Labute approximate surface area is 154 Å². The molecule has 3 aliphatic heterocycles. The summed E-state index contributed by atoms with van der Waals surface area (Å²) in [4.78, 5) is 7.84. The molecule has 140 valence electrons. The summed E-state index contributed by atoms with van der Waals surface area (Å²) in [6, 6.07) is 4.48. The fourth-order valence-corrected chi connectivity index (χ4v) is 5.16. The molecule has 3 aliphatic rings. The molecule has 0 radical (unpaired) electrons. The molecule has 0 N–H and O–H groups in total. The fourth-order valence-electron chi connectivity index (χ4n) is 4.23. The summed E-state index contributed by atoms with van der Waals surface area (Å²) in [7, 11) is 0. The van der Waals surface area contributed by atoms with Crippen LogP contribution in [0.25, 0.3) is 0 Å². The molecule has 4 heterocycles. The second-order valence-corrected chi connectivity index (χ2v) is 9.02. The number of thiophene rings is 1. The molecule has 2 unspecified atom stereocenters. The molecule has 25 heavy (non-hydrogen) atoms. The van der Waals surface area contributed by atoms with E-state index in [1.54, 1.807) is 0 Å². The van der Waals surface area contributed by atoms with Gasteiger partial charge in [-0.05, 0) is 31.9 Å². The number of aryl methyl sites for hydroxylation is 1. The van der Waals surface area contributed by atoms with Crippen LogP contribution in [-0.4, -0.2) is 80.7 Å². The van der Waals surface area contributed by atoms with Gasteiger partial charge in [-0.3, -0.25) is 9.80 Å². The van der Waals surface area contributed by atoms with E-state index < -0.39 is 0 Å². The number of morpholine rings is 1. The highest BCUT2D eigenvalue weighted by Gasteiger charge is 2.43. The standard InChI is InChI=1S/C19H30N2O3S/c1-16-2-3-18(25-16)13-21-8-11-23-15-19(14-21)5-4-17(24-19)12-20-6-9-22-10-7-20/h2-3,17H,4-15H2,1H3. The number of hydrogen-bond donors (Lipinski definition) is 0. The highest BCUT2D eigenvalue weighted by molar-refractivity contribution is 7.11. The molecule has 3 fully saturated rings. The molecular formula is C19H30N2O3S. The molecule has 1 aromatic rings. The molecule has 3 saturated heterocycles. The molecule has 2 atom stereocenters. The molecule has 0 aromatic carbocycles. The number of nitrogens with zero attached hydrogens (tertiary/aromatic N) is 2. The van der Waals surface area contributed by atoms with E-state index in [-0.39, 0.29) is 5.60 Å². The Hall–Kier alpha value is -0.500. The highest BCUT2D eigenvalue weighted by atomic mass is 32.1. The van der Waals surface area contributed by atoms with Gasteiger partial charge in [0.25, 0.3) is 0 Å². The smallest absolute Gasteiger partial charge is 0.105 e. The van der Waals surface area contributed by atoms with E-state index in [0.29, 0.717) is 6.10 Å². The maximum Gasteiger partial charge on any atom is 0.105 e. The van der Waals surface area contributed by atoms with Crippen molar-refractivity contribution in [3.8, 4) is 0 Å². The molecule has 0 bridgehead atoms. The van der Waals surface area contributed by atoms with Crippen LogP contribution in [0.1, 0.15) is 22.6 Å². The maximum absolute atomic E-state index is 6.60. The molecule has 0 aliphatic carbocycles. The van der Waals surface area contributed by atoms with Gasteiger partial charge >= 0.3 is 0 Å². The first kappa shape index (κ1) is 17.9. The number of ether oxygens (including phenoxy) is 3. The van der Waals surface area contributed by atoms with E-state index in [0.717, 1.165) is 78.5 Å². The Bertz CT molecular complexity index is 561. The molecule has 6 heteroatoms. The molecule has 0 amide bonds. The molecule has 5 nitrogen and oxygen atoms in total. The summed E-state index contributed by atoms with van der Waals surface area (Å²) in [5, 5.41) is 0. The van der Waals surface area contributed by atoms with Crippen molar-refractivity contribution >= 4 is 11.3 Å². The van der Waals surface area contributed by atoms with E-state index in [1.807, 2.05) is 11.3 Å². The third-order valence-electron chi connectivity index (χ3n) is 5.51. The third kappa shape index (κ3) is 4.62. The van der Waals surface area contributed by atoms with Crippen LogP contribution >= 0.6 is 11.3 Å².